The number of benzene rings is 2. The molecular formula is C37H47F2N6O3+. The van der Waals surface area contributed by atoms with Gasteiger partial charge >= 0.3 is 0 Å². The molecule has 11 heteroatoms. The molecule has 4 aromatic rings. The number of nitrogens with one attached hydrogen (secondary N) is 1. The van der Waals surface area contributed by atoms with Gasteiger partial charge in [-0.2, -0.15) is 0 Å². The number of unbranched alkanes of at least 4 members (excludes halogenated alkanes) is 4. The third-order valence-electron chi connectivity index (χ3n) is 9.13. The van der Waals surface area contributed by atoms with Gasteiger partial charge in [0.15, 0.2) is 5.65 Å². The van der Waals surface area contributed by atoms with Crippen LogP contribution in [0.1, 0.15) is 48.0 Å². The Bertz CT molecular complexity index is 1800. The van der Waals surface area contributed by atoms with E-state index in [2.05, 4.69) is 24.3 Å². The lowest BCUT2D eigenvalue weighted by molar-refractivity contribution is -0.913. The van der Waals surface area contributed by atoms with Crippen LogP contribution in [-0.2, 0) is 0 Å². The topological polar surface area (TPSA) is 79.7 Å². The number of ether oxygens (including phenoxy) is 1. The van der Waals surface area contributed by atoms with Gasteiger partial charge in [0.2, 0.25) is 5.43 Å². The molecule has 1 N–H and O–H groups in total. The lowest BCUT2D eigenvalue weighted by atomic mass is 10.1. The van der Waals surface area contributed by atoms with Crippen molar-refractivity contribution in [1.29, 1.82) is 0 Å². The van der Waals surface area contributed by atoms with E-state index in [1.165, 1.54) is 62.7 Å². The van der Waals surface area contributed by atoms with E-state index >= 15 is 0 Å². The van der Waals surface area contributed by atoms with Crippen molar-refractivity contribution in [2.75, 3.05) is 77.7 Å². The number of amides is 1. The second-order valence-corrected chi connectivity index (χ2v) is 13.5. The maximum atomic E-state index is 13.8. The maximum Gasteiger partial charge on any atom is 0.261 e. The number of piperazine rings is 1. The van der Waals surface area contributed by atoms with Crippen LogP contribution in [0.25, 0.3) is 16.7 Å². The van der Waals surface area contributed by atoms with Crippen LogP contribution in [0, 0.1) is 18.6 Å². The lowest BCUT2D eigenvalue weighted by Crippen LogP contribution is -2.56. The standard InChI is InChI=1S/C37H46F2N6O3/c1-26-19-30(24-31(20-26)48-18-10-8-6-7-9-15-45(5)16-13-43(4)14-17-45)44-25-33(37(47)40-29-22-27(38)21-28(39)23-29)35(46)32-11-12-34(42(2)3)41-36(32)44/h11-12,19-25H,6-10,13-18H2,1-5H3/p+1. The van der Waals surface area contributed by atoms with Crippen LogP contribution in [0.5, 0.6) is 5.75 Å². The van der Waals surface area contributed by atoms with Crippen molar-refractivity contribution < 1.29 is 22.8 Å². The number of aryl methyl sites for hydroxylation is 1. The summed E-state index contributed by atoms with van der Waals surface area (Å²) >= 11 is 0. The molecule has 0 unspecified atom stereocenters. The van der Waals surface area contributed by atoms with Crippen LogP contribution in [0.15, 0.2) is 59.5 Å². The number of rotatable bonds is 13. The van der Waals surface area contributed by atoms with Gasteiger partial charge < -0.3 is 24.0 Å². The van der Waals surface area contributed by atoms with E-state index in [0.29, 0.717) is 35.6 Å². The maximum absolute atomic E-state index is 13.8. The lowest BCUT2D eigenvalue weighted by Gasteiger charge is -2.41. The highest BCUT2D eigenvalue weighted by atomic mass is 19.1. The van der Waals surface area contributed by atoms with Gasteiger partial charge in [-0.05, 0) is 75.2 Å². The van der Waals surface area contributed by atoms with Crippen LogP contribution in [-0.4, -0.2) is 92.4 Å². The molecular weight excluding hydrogens is 614 g/mol. The Kier molecular flexibility index (Phi) is 11.1. The number of pyridine rings is 2. The van der Waals surface area contributed by atoms with Crippen LogP contribution in [0.3, 0.4) is 0 Å². The smallest absolute Gasteiger partial charge is 0.261 e. The predicted molar refractivity (Wildman–Crippen MR) is 188 cm³/mol. The van der Waals surface area contributed by atoms with Crippen LogP contribution in [0.4, 0.5) is 20.3 Å². The van der Waals surface area contributed by atoms with E-state index in [-0.39, 0.29) is 16.6 Å². The van der Waals surface area contributed by atoms with Crippen molar-refractivity contribution in [2.45, 2.75) is 39.0 Å². The molecule has 2 aromatic heterocycles. The number of aromatic nitrogens is 2. The minimum Gasteiger partial charge on any atom is -0.494 e. The van der Waals surface area contributed by atoms with Crippen LogP contribution < -0.4 is 20.4 Å². The molecule has 48 heavy (non-hydrogen) atoms. The first-order valence-electron chi connectivity index (χ1n) is 16.7. The van der Waals surface area contributed by atoms with E-state index in [9.17, 15) is 18.4 Å². The summed E-state index contributed by atoms with van der Waals surface area (Å²) in [5, 5.41) is 2.69. The van der Waals surface area contributed by atoms with E-state index < -0.39 is 23.0 Å². The summed E-state index contributed by atoms with van der Waals surface area (Å²) in [6.45, 7) is 8.59. The monoisotopic (exact) mass is 661 g/mol. The Balaban J connectivity index is 1.30. The highest BCUT2D eigenvalue weighted by Crippen LogP contribution is 2.25. The summed E-state index contributed by atoms with van der Waals surface area (Å²) in [5.41, 5.74) is 1.12. The quantitative estimate of drug-likeness (QED) is 0.140. The Labute approximate surface area is 281 Å². The summed E-state index contributed by atoms with van der Waals surface area (Å²) in [6.07, 6.45) is 7.12. The number of anilines is 2. The number of hydrogen-bond donors (Lipinski definition) is 1. The molecule has 0 spiro atoms. The highest BCUT2D eigenvalue weighted by Gasteiger charge is 2.26. The number of carbonyl (C=O) groups excluding carboxylic acids is 1. The molecule has 1 aliphatic heterocycles. The molecule has 2 aromatic carbocycles. The number of nitrogens with zero attached hydrogens (tertiary/aromatic N) is 5. The molecule has 1 amide bonds. The summed E-state index contributed by atoms with van der Waals surface area (Å²) < 4.78 is 36.7. The first kappa shape index (κ1) is 35.0. The van der Waals surface area contributed by atoms with Gasteiger partial charge in [0.25, 0.3) is 5.91 Å². The number of fused-ring (bicyclic) bond motifs is 1. The van der Waals surface area contributed by atoms with E-state index in [1.807, 2.05) is 44.1 Å². The second-order valence-electron chi connectivity index (χ2n) is 13.5. The van der Waals surface area contributed by atoms with Crippen molar-refractivity contribution in [1.82, 2.24) is 14.5 Å². The molecule has 5 rings (SSSR count). The molecule has 256 valence electrons. The zero-order chi connectivity index (χ0) is 34.4. The molecule has 1 aliphatic rings. The fraction of sp³-hybridized carbons (Fsp3) is 0.432. The summed E-state index contributed by atoms with van der Waals surface area (Å²) in [4.78, 5) is 35.9. The zero-order valence-corrected chi connectivity index (χ0v) is 28.7. The molecule has 3 heterocycles. The van der Waals surface area contributed by atoms with Gasteiger partial charge in [-0.15, -0.1) is 0 Å². The van der Waals surface area contributed by atoms with Crippen molar-refractivity contribution in [2.24, 2.45) is 0 Å². The first-order valence-corrected chi connectivity index (χ1v) is 16.7. The van der Waals surface area contributed by atoms with E-state index in [1.54, 1.807) is 16.7 Å². The first-order chi connectivity index (χ1) is 22.9. The van der Waals surface area contributed by atoms with Gasteiger partial charge in [0.05, 0.1) is 44.4 Å². The molecule has 1 fully saturated rings. The van der Waals surface area contributed by atoms with Crippen molar-refractivity contribution in [3.63, 3.8) is 0 Å². The predicted octanol–water partition coefficient (Wildman–Crippen LogP) is 6.01. The normalized spacial score (nSPS) is 14.6. The number of likely N-dealkylation sites (N-methyl/N-ethyl adjacent to an activating group) is 2. The van der Waals surface area contributed by atoms with E-state index in [0.717, 1.165) is 30.5 Å². The number of halogens is 2. The number of hydrogen-bond acceptors (Lipinski definition) is 6. The Hall–Kier alpha value is -4.35. The number of quaternary nitrogens is 1. The molecule has 0 atom stereocenters. The minimum absolute atomic E-state index is 0.0958. The van der Waals surface area contributed by atoms with Gasteiger partial charge in [0.1, 0.15) is 28.8 Å². The molecule has 0 bridgehead atoms. The average molecular weight is 662 g/mol. The molecule has 0 saturated carbocycles. The summed E-state index contributed by atoms with van der Waals surface area (Å²) in [7, 11) is 8.29. The summed E-state index contributed by atoms with van der Waals surface area (Å²) in [6, 6.07) is 11.8. The average Bonchev–Trinajstić information content (AvgIpc) is 3.03. The Morgan fingerprint density at radius 1 is 0.979 bits per heavy atom. The molecule has 0 radical (unpaired) electrons. The third-order valence-corrected chi connectivity index (χ3v) is 9.13. The van der Waals surface area contributed by atoms with Crippen LogP contribution >= 0.6 is 0 Å². The van der Waals surface area contributed by atoms with Gasteiger partial charge in [0, 0.05) is 51.2 Å². The SMILES string of the molecule is Cc1cc(OCCCCCCC[N+]2(C)CCN(C)CC2)cc(-n2cc(C(=O)Nc3cc(F)cc(F)c3)c(=O)c3ccc(N(C)C)nc32)c1. The Morgan fingerprint density at radius 2 is 1.67 bits per heavy atom. The van der Waals surface area contributed by atoms with Crippen LogP contribution in [0.2, 0.25) is 0 Å². The fourth-order valence-corrected chi connectivity index (χ4v) is 6.16. The summed E-state index contributed by atoms with van der Waals surface area (Å²) in [5.74, 6) is -1.17. The van der Waals surface area contributed by atoms with Gasteiger partial charge in [-0.1, -0.05) is 12.8 Å². The minimum atomic E-state index is -0.842. The van der Waals surface area contributed by atoms with Gasteiger partial charge in [-0.25, -0.2) is 13.8 Å². The number of carbonyl (C=O) groups is 1. The second kappa shape index (κ2) is 15.3. The molecule has 1 saturated heterocycles. The highest BCUT2D eigenvalue weighted by molar-refractivity contribution is 6.05. The molecule has 0 aliphatic carbocycles. The van der Waals surface area contributed by atoms with Gasteiger partial charge in [-0.3, -0.25) is 14.5 Å². The third kappa shape index (κ3) is 8.76. The van der Waals surface area contributed by atoms with Crippen molar-refractivity contribution >= 4 is 28.4 Å². The zero-order valence-electron chi connectivity index (χ0n) is 28.7. The van der Waals surface area contributed by atoms with E-state index in [4.69, 9.17) is 9.72 Å². The largest absolute Gasteiger partial charge is 0.494 e. The van der Waals surface area contributed by atoms with Crippen molar-refractivity contribution in [3.05, 3.63) is 87.7 Å². The Morgan fingerprint density at radius 3 is 2.38 bits per heavy atom. The molecule has 9 nitrogen and oxygen atoms in total. The van der Waals surface area contributed by atoms with Crippen molar-refractivity contribution in [3.8, 4) is 11.4 Å². The fourth-order valence-electron chi connectivity index (χ4n) is 6.16.